The molecular weight excluding hydrogens is 372 g/mol. The first-order chi connectivity index (χ1) is 13.5. The van der Waals surface area contributed by atoms with Crippen LogP contribution in [0.25, 0.3) is 11.1 Å². The average Bonchev–Trinajstić information content (AvgIpc) is 3.29. The number of carbonyl (C=O) groups is 1. The van der Waals surface area contributed by atoms with E-state index >= 15 is 0 Å². The molecule has 0 aromatic heterocycles. The number of hydrogen-bond donors (Lipinski definition) is 0. The molecule has 0 aliphatic carbocycles. The fourth-order valence-corrected chi connectivity index (χ4v) is 5.92. The largest absolute Gasteiger partial charge is 0.342 e. The van der Waals surface area contributed by atoms with E-state index in [1.807, 2.05) is 47.4 Å². The van der Waals surface area contributed by atoms with Gasteiger partial charge in [-0.05, 0) is 42.5 Å². The number of rotatable bonds is 5. The maximum atomic E-state index is 13.1. The standard InChI is InChI=1S/C22H26N2O3S/c1-2-14-23-15-12-22(21(23)25)13-16-24(17-22)28(26,27)20-10-8-19(9-11-20)18-6-4-3-5-7-18/h3-11H,2,12-17H2,1H3. The van der Waals surface area contributed by atoms with E-state index in [1.165, 1.54) is 4.31 Å². The lowest BCUT2D eigenvalue weighted by Gasteiger charge is -2.23. The summed E-state index contributed by atoms with van der Waals surface area (Å²) in [4.78, 5) is 15.0. The smallest absolute Gasteiger partial charge is 0.243 e. The Morgan fingerprint density at radius 1 is 0.929 bits per heavy atom. The highest BCUT2D eigenvalue weighted by Gasteiger charge is 2.52. The Bertz CT molecular complexity index is 957. The van der Waals surface area contributed by atoms with E-state index < -0.39 is 15.4 Å². The summed E-state index contributed by atoms with van der Waals surface area (Å²) in [6.07, 6.45) is 2.30. The second-order valence-electron chi connectivity index (χ2n) is 7.80. The average molecular weight is 399 g/mol. The van der Waals surface area contributed by atoms with Crippen LogP contribution in [0.2, 0.25) is 0 Å². The van der Waals surface area contributed by atoms with Crippen LogP contribution in [-0.2, 0) is 14.8 Å². The fourth-order valence-electron chi connectivity index (χ4n) is 4.39. The van der Waals surface area contributed by atoms with Gasteiger partial charge >= 0.3 is 0 Å². The van der Waals surface area contributed by atoms with Crippen molar-refractivity contribution in [3.8, 4) is 11.1 Å². The number of benzene rings is 2. The van der Waals surface area contributed by atoms with Crippen molar-refractivity contribution < 1.29 is 13.2 Å². The number of likely N-dealkylation sites (tertiary alicyclic amines) is 1. The van der Waals surface area contributed by atoms with Crippen LogP contribution in [0.5, 0.6) is 0 Å². The molecule has 2 aliphatic rings. The van der Waals surface area contributed by atoms with Crippen molar-refractivity contribution in [3.63, 3.8) is 0 Å². The molecule has 1 amide bonds. The summed E-state index contributed by atoms with van der Waals surface area (Å²) >= 11 is 0. The third-order valence-electron chi connectivity index (χ3n) is 6.01. The molecule has 1 unspecified atom stereocenters. The summed E-state index contributed by atoms with van der Waals surface area (Å²) in [5.41, 5.74) is 1.52. The van der Waals surface area contributed by atoms with Crippen molar-refractivity contribution >= 4 is 15.9 Å². The van der Waals surface area contributed by atoms with Gasteiger partial charge < -0.3 is 4.90 Å². The number of nitrogens with zero attached hydrogens (tertiary/aromatic N) is 2. The Morgan fingerprint density at radius 2 is 1.57 bits per heavy atom. The van der Waals surface area contributed by atoms with E-state index in [2.05, 4.69) is 6.92 Å². The SMILES string of the molecule is CCCN1CCC2(CCN(S(=O)(=O)c3ccc(-c4ccccc4)cc3)C2)C1=O. The third-order valence-corrected chi connectivity index (χ3v) is 7.87. The van der Waals surface area contributed by atoms with Crippen molar-refractivity contribution in [2.24, 2.45) is 5.41 Å². The van der Waals surface area contributed by atoms with Gasteiger partial charge in [-0.3, -0.25) is 4.79 Å². The van der Waals surface area contributed by atoms with Gasteiger partial charge in [-0.25, -0.2) is 8.42 Å². The molecule has 1 spiro atoms. The highest BCUT2D eigenvalue weighted by molar-refractivity contribution is 7.89. The molecule has 2 aromatic rings. The molecule has 0 N–H and O–H groups in total. The monoisotopic (exact) mass is 398 g/mol. The lowest BCUT2D eigenvalue weighted by molar-refractivity contribution is -0.135. The Kier molecular flexibility index (Phi) is 5.02. The third kappa shape index (κ3) is 3.25. The predicted octanol–water partition coefficient (Wildman–Crippen LogP) is 3.38. The maximum absolute atomic E-state index is 13.1. The van der Waals surface area contributed by atoms with Gasteiger partial charge in [0.05, 0.1) is 10.3 Å². The molecule has 2 aliphatic heterocycles. The van der Waals surface area contributed by atoms with Crippen LogP contribution in [0.15, 0.2) is 59.5 Å². The van der Waals surface area contributed by atoms with Gasteiger partial charge in [-0.2, -0.15) is 4.31 Å². The highest BCUT2D eigenvalue weighted by atomic mass is 32.2. The topological polar surface area (TPSA) is 57.7 Å². The van der Waals surface area contributed by atoms with Crippen LogP contribution in [0.3, 0.4) is 0 Å². The molecule has 2 fully saturated rings. The van der Waals surface area contributed by atoms with Gasteiger partial charge in [0.2, 0.25) is 15.9 Å². The van der Waals surface area contributed by atoms with Crippen molar-refractivity contribution in [1.82, 2.24) is 9.21 Å². The van der Waals surface area contributed by atoms with Crippen molar-refractivity contribution in [2.75, 3.05) is 26.2 Å². The van der Waals surface area contributed by atoms with Gasteiger partial charge in [-0.1, -0.05) is 49.4 Å². The lowest BCUT2D eigenvalue weighted by Crippen LogP contribution is -2.38. The molecule has 5 nitrogen and oxygen atoms in total. The van der Waals surface area contributed by atoms with E-state index in [0.29, 0.717) is 24.4 Å². The van der Waals surface area contributed by atoms with E-state index in [9.17, 15) is 13.2 Å². The second kappa shape index (κ2) is 7.33. The van der Waals surface area contributed by atoms with Crippen molar-refractivity contribution in [3.05, 3.63) is 54.6 Å². The zero-order valence-electron chi connectivity index (χ0n) is 16.2. The van der Waals surface area contributed by atoms with Crippen molar-refractivity contribution in [1.29, 1.82) is 0 Å². The fraction of sp³-hybridized carbons (Fsp3) is 0.409. The Balaban J connectivity index is 1.53. The summed E-state index contributed by atoms with van der Waals surface area (Å²) in [5, 5.41) is 0. The maximum Gasteiger partial charge on any atom is 0.243 e. The van der Waals surface area contributed by atoms with Crippen LogP contribution in [0.1, 0.15) is 26.2 Å². The van der Waals surface area contributed by atoms with Gasteiger partial charge in [0.25, 0.3) is 0 Å². The first-order valence-corrected chi connectivity index (χ1v) is 11.4. The Labute approximate surface area is 167 Å². The minimum Gasteiger partial charge on any atom is -0.342 e. The molecule has 2 heterocycles. The lowest BCUT2D eigenvalue weighted by atomic mass is 9.86. The van der Waals surface area contributed by atoms with E-state index in [1.54, 1.807) is 12.1 Å². The molecular formula is C22H26N2O3S. The van der Waals surface area contributed by atoms with Gasteiger partial charge in [0, 0.05) is 26.2 Å². The number of sulfonamides is 1. The molecule has 4 rings (SSSR count). The van der Waals surface area contributed by atoms with Crippen LogP contribution >= 0.6 is 0 Å². The van der Waals surface area contributed by atoms with Crippen LogP contribution in [0, 0.1) is 5.41 Å². The van der Waals surface area contributed by atoms with Crippen LogP contribution in [-0.4, -0.2) is 49.7 Å². The summed E-state index contributed by atoms with van der Waals surface area (Å²) in [7, 11) is -3.59. The second-order valence-corrected chi connectivity index (χ2v) is 9.74. The molecule has 28 heavy (non-hydrogen) atoms. The minimum absolute atomic E-state index is 0.131. The number of hydrogen-bond acceptors (Lipinski definition) is 3. The zero-order valence-corrected chi connectivity index (χ0v) is 17.0. The van der Waals surface area contributed by atoms with Gasteiger partial charge in [0.15, 0.2) is 0 Å². The first-order valence-electron chi connectivity index (χ1n) is 9.91. The summed E-state index contributed by atoms with van der Waals surface area (Å²) in [5.74, 6) is 0.131. The molecule has 0 radical (unpaired) electrons. The highest BCUT2D eigenvalue weighted by Crippen LogP contribution is 2.42. The van der Waals surface area contributed by atoms with E-state index in [-0.39, 0.29) is 5.91 Å². The van der Waals surface area contributed by atoms with E-state index in [0.717, 1.165) is 37.1 Å². The Morgan fingerprint density at radius 3 is 2.25 bits per heavy atom. The first kappa shape index (κ1) is 19.2. The van der Waals surface area contributed by atoms with E-state index in [4.69, 9.17) is 0 Å². The summed E-state index contributed by atoms with van der Waals surface area (Å²) in [6, 6.07) is 16.9. The molecule has 0 bridgehead atoms. The molecule has 1 atom stereocenters. The van der Waals surface area contributed by atoms with Crippen LogP contribution in [0.4, 0.5) is 0 Å². The Hall–Kier alpha value is -2.18. The quantitative estimate of drug-likeness (QED) is 0.776. The minimum atomic E-state index is -3.59. The number of amides is 1. The molecule has 148 valence electrons. The molecule has 2 aromatic carbocycles. The predicted molar refractivity (Wildman–Crippen MR) is 109 cm³/mol. The van der Waals surface area contributed by atoms with Crippen molar-refractivity contribution in [2.45, 2.75) is 31.1 Å². The normalized spacial score (nSPS) is 23.0. The molecule has 6 heteroatoms. The summed E-state index contributed by atoms with van der Waals surface area (Å²) < 4.78 is 27.8. The summed E-state index contributed by atoms with van der Waals surface area (Å²) in [6.45, 7) is 4.27. The van der Waals surface area contributed by atoms with Gasteiger partial charge in [-0.15, -0.1) is 0 Å². The number of carbonyl (C=O) groups excluding carboxylic acids is 1. The molecule has 2 saturated heterocycles. The molecule has 0 saturated carbocycles. The van der Waals surface area contributed by atoms with Crippen LogP contribution < -0.4 is 0 Å². The zero-order chi connectivity index (χ0) is 19.8. The van der Waals surface area contributed by atoms with Gasteiger partial charge in [0.1, 0.15) is 0 Å².